The molecule has 228 valence electrons. The molecule has 15 heteroatoms. The quantitative estimate of drug-likeness (QED) is 0.302. The molecule has 0 aromatic heterocycles. The Kier molecular flexibility index (Phi) is 7.69. The Bertz CT molecular complexity index is 1540. The number of carboxylic acid groups (broad SMARTS) is 1. The third kappa shape index (κ3) is 6.20. The lowest BCUT2D eigenvalue weighted by molar-refractivity contribution is -0.140. The number of oxime groups is 1. The Morgan fingerprint density at radius 1 is 0.977 bits per heavy atom. The van der Waals surface area contributed by atoms with E-state index in [-0.39, 0.29) is 42.2 Å². The molecule has 5 rings (SSSR count). The predicted molar refractivity (Wildman–Crippen MR) is 135 cm³/mol. The molecule has 8 nitrogen and oxygen atoms in total. The number of hydrogen-bond acceptors (Lipinski definition) is 5. The second-order valence-electron chi connectivity index (χ2n) is 10.4. The number of rotatable bonds is 6. The number of alkyl halides is 6. The minimum atomic E-state index is -5.06. The highest BCUT2D eigenvalue weighted by molar-refractivity contribution is 6.05. The molecular formula is C28H22F7N3O5. The van der Waals surface area contributed by atoms with Gasteiger partial charge in [0.15, 0.2) is 0 Å². The number of carboxylic acids is 1. The first-order valence-electron chi connectivity index (χ1n) is 13.0. The Hall–Kier alpha value is -4.43. The van der Waals surface area contributed by atoms with Crippen molar-refractivity contribution >= 4 is 29.2 Å². The zero-order valence-electron chi connectivity index (χ0n) is 21.8. The first-order valence-corrected chi connectivity index (χ1v) is 13.0. The summed E-state index contributed by atoms with van der Waals surface area (Å²) in [7, 11) is 0. The van der Waals surface area contributed by atoms with Crippen molar-refractivity contribution in [3.8, 4) is 0 Å². The summed E-state index contributed by atoms with van der Waals surface area (Å²) in [4.78, 5) is 43.0. The monoisotopic (exact) mass is 613 g/mol. The van der Waals surface area contributed by atoms with Crippen LogP contribution < -0.4 is 10.6 Å². The maximum absolute atomic E-state index is 13.7. The van der Waals surface area contributed by atoms with Gasteiger partial charge in [0.25, 0.3) is 5.91 Å². The Morgan fingerprint density at radius 2 is 1.70 bits per heavy atom. The van der Waals surface area contributed by atoms with Crippen molar-refractivity contribution in [1.29, 1.82) is 0 Å². The number of fused-ring (bicyclic) bond motifs is 2. The van der Waals surface area contributed by atoms with E-state index in [0.717, 1.165) is 6.07 Å². The van der Waals surface area contributed by atoms with Crippen LogP contribution in [0.4, 0.5) is 36.4 Å². The number of carbonyl (C=O) groups excluding carboxylic acids is 2. The van der Waals surface area contributed by atoms with Gasteiger partial charge in [-0.05, 0) is 49.1 Å². The third-order valence-electron chi connectivity index (χ3n) is 7.78. The first kappa shape index (κ1) is 30.0. The van der Waals surface area contributed by atoms with E-state index < -0.39 is 77.1 Å². The van der Waals surface area contributed by atoms with Gasteiger partial charge in [0, 0.05) is 35.7 Å². The summed E-state index contributed by atoms with van der Waals surface area (Å²) in [5.41, 5.74) is -1.57. The highest BCUT2D eigenvalue weighted by Gasteiger charge is 2.56. The molecule has 1 aliphatic heterocycles. The Labute approximate surface area is 238 Å². The summed E-state index contributed by atoms with van der Waals surface area (Å²) in [6, 6.07) is 6.33. The highest BCUT2D eigenvalue weighted by atomic mass is 19.4. The van der Waals surface area contributed by atoms with Crippen LogP contribution in [0.1, 0.15) is 40.7 Å². The van der Waals surface area contributed by atoms with Crippen molar-refractivity contribution < 1.29 is 55.1 Å². The molecule has 3 unspecified atom stereocenters. The molecular weight excluding hydrogens is 591 g/mol. The SMILES string of the molecule is O=C(O)c1cccc(C2=NOC(C(=O)N[C@@H]3C4CCC(/C4=C/C(F)(F)F)[C@@H]3C(=O)Nc3ccc(F)c(C(F)(F)F)c3)C2)c1. The van der Waals surface area contributed by atoms with Gasteiger partial charge in [0.2, 0.25) is 12.0 Å². The molecule has 0 radical (unpaired) electrons. The number of carbonyl (C=O) groups is 3. The van der Waals surface area contributed by atoms with Gasteiger partial charge in [-0.2, -0.15) is 26.3 Å². The largest absolute Gasteiger partial charge is 0.478 e. The molecule has 3 N–H and O–H groups in total. The van der Waals surface area contributed by atoms with Gasteiger partial charge in [-0.3, -0.25) is 9.59 Å². The number of halogens is 7. The second-order valence-corrected chi connectivity index (χ2v) is 10.4. The van der Waals surface area contributed by atoms with Crippen LogP contribution >= 0.6 is 0 Å². The minimum Gasteiger partial charge on any atom is -0.478 e. The number of amides is 2. The molecule has 2 fully saturated rings. The fourth-order valence-electron chi connectivity index (χ4n) is 6.00. The number of aromatic carboxylic acids is 1. The van der Waals surface area contributed by atoms with Crippen molar-refractivity contribution in [1.82, 2.24) is 5.32 Å². The zero-order valence-corrected chi connectivity index (χ0v) is 21.8. The Balaban J connectivity index is 1.36. The van der Waals surface area contributed by atoms with Gasteiger partial charge in [-0.15, -0.1) is 0 Å². The van der Waals surface area contributed by atoms with E-state index >= 15 is 0 Å². The van der Waals surface area contributed by atoms with Gasteiger partial charge in [-0.1, -0.05) is 22.9 Å². The number of nitrogens with zero attached hydrogens (tertiary/aromatic N) is 1. The van der Waals surface area contributed by atoms with E-state index in [1.54, 1.807) is 6.07 Å². The highest BCUT2D eigenvalue weighted by Crippen LogP contribution is 2.54. The number of allylic oxidation sites excluding steroid dienone is 1. The number of nitrogens with one attached hydrogen (secondary N) is 2. The fourth-order valence-corrected chi connectivity index (χ4v) is 6.00. The van der Waals surface area contributed by atoms with Gasteiger partial charge in [0.1, 0.15) is 5.82 Å². The predicted octanol–water partition coefficient (Wildman–Crippen LogP) is 5.30. The molecule has 0 saturated heterocycles. The van der Waals surface area contributed by atoms with E-state index in [4.69, 9.17) is 4.84 Å². The normalized spacial score (nSPS) is 25.8. The van der Waals surface area contributed by atoms with Gasteiger partial charge >= 0.3 is 18.3 Å². The smallest absolute Gasteiger partial charge is 0.419 e. The summed E-state index contributed by atoms with van der Waals surface area (Å²) in [5, 5.41) is 17.9. The van der Waals surface area contributed by atoms with Gasteiger partial charge in [0.05, 0.1) is 22.8 Å². The maximum Gasteiger partial charge on any atom is 0.419 e. The molecule has 0 spiro atoms. The third-order valence-corrected chi connectivity index (χ3v) is 7.78. The Morgan fingerprint density at radius 3 is 2.37 bits per heavy atom. The molecule has 2 aromatic rings. The molecule has 1 heterocycles. The van der Waals surface area contributed by atoms with Crippen LogP contribution in [0, 0.1) is 23.6 Å². The van der Waals surface area contributed by atoms with Crippen molar-refractivity contribution in [2.45, 2.75) is 43.8 Å². The molecule has 2 aliphatic carbocycles. The van der Waals surface area contributed by atoms with Crippen LogP contribution in [0.5, 0.6) is 0 Å². The second kappa shape index (κ2) is 11.0. The lowest BCUT2D eigenvalue weighted by Crippen LogP contribution is -2.51. The molecule has 2 aromatic carbocycles. The molecule has 2 saturated carbocycles. The summed E-state index contributed by atoms with van der Waals surface area (Å²) in [6.07, 6.45) is -10.7. The lowest BCUT2D eigenvalue weighted by Gasteiger charge is -2.30. The summed E-state index contributed by atoms with van der Waals surface area (Å²) in [5.74, 6) is -7.64. The van der Waals surface area contributed by atoms with E-state index in [1.807, 2.05) is 0 Å². The van der Waals surface area contributed by atoms with Crippen LogP contribution in [0.25, 0.3) is 0 Å². The zero-order chi connectivity index (χ0) is 31.3. The summed E-state index contributed by atoms with van der Waals surface area (Å²) < 4.78 is 93.5. The van der Waals surface area contributed by atoms with E-state index in [9.17, 15) is 50.2 Å². The summed E-state index contributed by atoms with van der Waals surface area (Å²) in [6.45, 7) is 0. The number of anilines is 1. The van der Waals surface area contributed by atoms with Crippen molar-refractivity contribution in [3.63, 3.8) is 0 Å². The minimum absolute atomic E-state index is 0.0311. The summed E-state index contributed by atoms with van der Waals surface area (Å²) >= 11 is 0. The van der Waals surface area contributed by atoms with Crippen molar-refractivity contribution in [2.75, 3.05) is 5.32 Å². The molecule has 43 heavy (non-hydrogen) atoms. The molecule has 2 amide bonds. The average molecular weight is 613 g/mol. The van der Waals surface area contributed by atoms with Crippen LogP contribution in [0.3, 0.4) is 0 Å². The number of hydrogen-bond donors (Lipinski definition) is 3. The molecule has 5 atom stereocenters. The van der Waals surface area contributed by atoms with Crippen LogP contribution in [-0.4, -0.2) is 46.9 Å². The van der Waals surface area contributed by atoms with Crippen LogP contribution in [0.2, 0.25) is 0 Å². The van der Waals surface area contributed by atoms with Gasteiger partial charge in [-0.25, -0.2) is 9.18 Å². The lowest BCUT2D eigenvalue weighted by atomic mass is 9.83. The fraction of sp³-hybridized carbons (Fsp3) is 0.357. The van der Waals surface area contributed by atoms with Gasteiger partial charge < -0.3 is 20.6 Å². The standard InChI is InChI=1S/C28H22F7N3O5/c29-19-7-4-14(9-18(19)28(33,34)35)36-25(40)22-15-5-6-16(17(15)11-27(30,31)32)23(22)37-24(39)21-10-20(38-43-21)12-2-1-3-13(8-12)26(41)42/h1-4,7-9,11,15-16,21-23H,5-6,10H2,(H,36,40)(H,37,39)(H,41,42)/b17-11-/t15?,16?,21?,22-,23+/m0/s1. The van der Waals surface area contributed by atoms with E-state index in [0.29, 0.717) is 17.7 Å². The average Bonchev–Trinajstić information content (AvgIpc) is 3.62. The van der Waals surface area contributed by atoms with E-state index in [1.165, 1.54) is 18.2 Å². The molecule has 2 bridgehead atoms. The maximum atomic E-state index is 13.7. The van der Waals surface area contributed by atoms with Crippen molar-refractivity contribution in [2.24, 2.45) is 22.9 Å². The van der Waals surface area contributed by atoms with E-state index in [2.05, 4.69) is 15.8 Å². The molecule has 3 aliphatic rings. The number of benzene rings is 2. The van der Waals surface area contributed by atoms with Crippen LogP contribution in [0.15, 0.2) is 59.3 Å². The topological polar surface area (TPSA) is 117 Å². The van der Waals surface area contributed by atoms with Crippen LogP contribution in [-0.2, 0) is 20.6 Å². The first-order chi connectivity index (χ1) is 20.1. The van der Waals surface area contributed by atoms with Crippen molar-refractivity contribution in [3.05, 3.63) is 76.6 Å².